The third-order valence-corrected chi connectivity index (χ3v) is 3.84. The second kappa shape index (κ2) is 7.05. The molecular weight excluding hydrogens is 318 g/mol. The van der Waals surface area contributed by atoms with E-state index in [0.717, 1.165) is 10.8 Å². The zero-order valence-corrected chi connectivity index (χ0v) is 13.9. The fourth-order valence-electron chi connectivity index (χ4n) is 2.56. The summed E-state index contributed by atoms with van der Waals surface area (Å²) >= 11 is 0. The predicted molar refractivity (Wildman–Crippen MR) is 97.2 cm³/mol. The van der Waals surface area contributed by atoms with E-state index in [9.17, 15) is 9.90 Å². The second-order valence-electron chi connectivity index (χ2n) is 5.39. The Hall–Kier alpha value is -3.34. The van der Waals surface area contributed by atoms with Gasteiger partial charge in [0, 0.05) is 11.8 Å². The highest BCUT2D eigenvalue weighted by atomic mass is 16.5. The van der Waals surface area contributed by atoms with E-state index in [1.807, 2.05) is 30.3 Å². The van der Waals surface area contributed by atoms with Crippen LogP contribution in [0.3, 0.4) is 0 Å². The molecule has 0 atom stereocenters. The molecule has 25 heavy (non-hydrogen) atoms. The molecule has 5 heteroatoms. The molecular formula is C20H17NO4. The van der Waals surface area contributed by atoms with Crippen LogP contribution in [0.2, 0.25) is 0 Å². The van der Waals surface area contributed by atoms with Gasteiger partial charge in [0.15, 0.2) is 0 Å². The van der Waals surface area contributed by atoms with Crippen LogP contribution in [0.4, 0.5) is 5.69 Å². The van der Waals surface area contributed by atoms with Gasteiger partial charge in [-0.05, 0) is 41.1 Å². The Bertz CT molecular complexity index is 963. The lowest BCUT2D eigenvalue weighted by molar-refractivity contribution is 0.0603. The number of aliphatic imine (C=N–C) groups is 1. The van der Waals surface area contributed by atoms with E-state index in [-0.39, 0.29) is 5.75 Å². The predicted octanol–water partition coefficient (Wildman–Crippen LogP) is 4.09. The van der Waals surface area contributed by atoms with Crippen LogP contribution in [0.25, 0.3) is 10.8 Å². The molecule has 0 aromatic heterocycles. The molecule has 126 valence electrons. The number of rotatable bonds is 4. The maximum Gasteiger partial charge on any atom is 0.338 e. The highest BCUT2D eigenvalue weighted by Crippen LogP contribution is 2.27. The number of aromatic hydroxyl groups is 1. The van der Waals surface area contributed by atoms with Crippen LogP contribution in [-0.2, 0) is 4.74 Å². The molecule has 0 radical (unpaired) electrons. The summed E-state index contributed by atoms with van der Waals surface area (Å²) in [6, 6.07) is 16.0. The van der Waals surface area contributed by atoms with Gasteiger partial charge < -0.3 is 14.6 Å². The van der Waals surface area contributed by atoms with Crippen molar-refractivity contribution in [1.29, 1.82) is 0 Å². The molecule has 0 saturated heterocycles. The molecule has 0 aliphatic carbocycles. The Morgan fingerprint density at radius 3 is 2.64 bits per heavy atom. The lowest BCUT2D eigenvalue weighted by atomic mass is 10.0. The van der Waals surface area contributed by atoms with Crippen molar-refractivity contribution in [2.45, 2.75) is 0 Å². The molecule has 0 saturated carbocycles. The summed E-state index contributed by atoms with van der Waals surface area (Å²) in [6.07, 6.45) is 1.53. The second-order valence-corrected chi connectivity index (χ2v) is 5.39. The molecule has 5 nitrogen and oxygen atoms in total. The van der Waals surface area contributed by atoms with E-state index >= 15 is 0 Å². The number of nitrogens with zero attached hydrogens (tertiary/aromatic N) is 1. The number of benzene rings is 3. The topological polar surface area (TPSA) is 68.1 Å². The van der Waals surface area contributed by atoms with Gasteiger partial charge in [0.2, 0.25) is 0 Å². The number of esters is 1. The number of carbonyl (C=O) groups is 1. The minimum Gasteiger partial charge on any atom is -0.507 e. The number of phenols is 1. The van der Waals surface area contributed by atoms with Crippen molar-refractivity contribution in [3.05, 3.63) is 65.7 Å². The summed E-state index contributed by atoms with van der Waals surface area (Å²) in [5.41, 5.74) is 1.55. The first kappa shape index (κ1) is 16.5. The molecule has 0 heterocycles. The number of hydrogen-bond donors (Lipinski definition) is 1. The maximum atomic E-state index is 12.1. The molecule has 1 N–H and O–H groups in total. The summed E-state index contributed by atoms with van der Waals surface area (Å²) < 4.78 is 10.0. The van der Waals surface area contributed by atoms with Crippen LogP contribution in [0.5, 0.6) is 11.5 Å². The van der Waals surface area contributed by atoms with Crippen molar-refractivity contribution >= 4 is 28.6 Å². The third-order valence-electron chi connectivity index (χ3n) is 3.84. The summed E-state index contributed by atoms with van der Waals surface area (Å²) in [6.45, 7) is 0. The SMILES string of the molecule is COC(=O)c1cc(N=Cc2cc(OC)ccc2O)cc2ccccc12. The first-order valence-corrected chi connectivity index (χ1v) is 7.64. The van der Waals surface area contributed by atoms with E-state index in [4.69, 9.17) is 9.47 Å². The van der Waals surface area contributed by atoms with Crippen molar-refractivity contribution in [2.24, 2.45) is 4.99 Å². The van der Waals surface area contributed by atoms with Gasteiger partial charge in [-0.3, -0.25) is 4.99 Å². The van der Waals surface area contributed by atoms with E-state index in [1.54, 1.807) is 31.4 Å². The Kier molecular flexibility index (Phi) is 4.66. The van der Waals surface area contributed by atoms with E-state index in [0.29, 0.717) is 22.6 Å². The van der Waals surface area contributed by atoms with Gasteiger partial charge in [-0.1, -0.05) is 24.3 Å². The van der Waals surface area contributed by atoms with Crippen molar-refractivity contribution < 1.29 is 19.4 Å². The van der Waals surface area contributed by atoms with Gasteiger partial charge in [0.25, 0.3) is 0 Å². The van der Waals surface area contributed by atoms with Crippen molar-refractivity contribution in [3.63, 3.8) is 0 Å². The van der Waals surface area contributed by atoms with Gasteiger partial charge in [0.1, 0.15) is 11.5 Å². The molecule has 0 bridgehead atoms. The average molecular weight is 335 g/mol. The Balaban J connectivity index is 2.06. The molecule has 3 rings (SSSR count). The largest absolute Gasteiger partial charge is 0.507 e. The zero-order chi connectivity index (χ0) is 17.8. The smallest absolute Gasteiger partial charge is 0.338 e. The number of hydrogen-bond acceptors (Lipinski definition) is 5. The average Bonchev–Trinajstić information content (AvgIpc) is 2.66. The van der Waals surface area contributed by atoms with Crippen LogP contribution in [0.15, 0.2) is 59.6 Å². The van der Waals surface area contributed by atoms with E-state index < -0.39 is 5.97 Å². The number of phenolic OH excluding ortho intramolecular Hbond substituents is 1. The van der Waals surface area contributed by atoms with Crippen LogP contribution in [-0.4, -0.2) is 31.5 Å². The standard InChI is InChI=1S/C20H17NO4/c1-24-16-7-8-19(22)14(10-16)12-21-15-9-13-5-3-4-6-17(13)18(11-15)20(23)25-2/h3-12,22H,1-2H3. The minimum absolute atomic E-state index is 0.0959. The van der Waals surface area contributed by atoms with Crippen LogP contribution in [0.1, 0.15) is 15.9 Å². The summed E-state index contributed by atoms with van der Waals surface area (Å²) in [4.78, 5) is 16.5. The van der Waals surface area contributed by atoms with Gasteiger partial charge in [-0.25, -0.2) is 4.79 Å². The van der Waals surface area contributed by atoms with E-state index in [1.165, 1.54) is 13.3 Å². The third kappa shape index (κ3) is 3.45. The molecule has 0 fully saturated rings. The number of methoxy groups -OCH3 is 2. The molecule has 0 unspecified atom stereocenters. The normalized spacial score (nSPS) is 11.0. The van der Waals surface area contributed by atoms with Gasteiger partial charge in [0.05, 0.1) is 25.5 Å². The van der Waals surface area contributed by atoms with Crippen LogP contribution in [0, 0.1) is 0 Å². The van der Waals surface area contributed by atoms with Crippen LogP contribution < -0.4 is 4.74 Å². The molecule has 3 aromatic rings. The molecule has 0 amide bonds. The van der Waals surface area contributed by atoms with Crippen molar-refractivity contribution in [3.8, 4) is 11.5 Å². The summed E-state index contributed by atoms with van der Waals surface area (Å²) in [7, 11) is 2.90. The lowest BCUT2D eigenvalue weighted by Crippen LogP contribution is -2.01. The fourth-order valence-corrected chi connectivity index (χ4v) is 2.56. The fraction of sp³-hybridized carbons (Fsp3) is 0.100. The lowest BCUT2D eigenvalue weighted by Gasteiger charge is -2.07. The summed E-state index contributed by atoms with van der Waals surface area (Å²) in [5.74, 6) is 0.295. The number of ether oxygens (including phenoxy) is 2. The Morgan fingerprint density at radius 1 is 1.08 bits per heavy atom. The molecule has 3 aromatic carbocycles. The molecule has 0 aliphatic heterocycles. The minimum atomic E-state index is -0.419. The summed E-state index contributed by atoms with van der Waals surface area (Å²) in [5, 5.41) is 11.6. The van der Waals surface area contributed by atoms with Crippen LogP contribution >= 0.6 is 0 Å². The van der Waals surface area contributed by atoms with Crippen molar-refractivity contribution in [2.75, 3.05) is 14.2 Å². The first-order chi connectivity index (χ1) is 12.1. The number of carbonyl (C=O) groups excluding carboxylic acids is 1. The molecule has 0 spiro atoms. The maximum absolute atomic E-state index is 12.1. The number of fused-ring (bicyclic) bond motifs is 1. The monoisotopic (exact) mass is 335 g/mol. The first-order valence-electron chi connectivity index (χ1n) is 7.64. The quantitative estimate of drug-likeness (QED) is 0.576. The van der Waals surface area contributed by atoms with Gasteiger partial charge in [-0.2, -0.15) is 0 Å². The Morgan fingerprint density at radius 2 is 1.88 bits per heavy atom. The van der Waals surface area contributed by atoms with E-state index in [2.05, 4.69) is 4.99 Å². The Labute approximate surface area is 145 Å². The van der Waals surface area contributed by atoms with Gasteiger partial charge in [-0.15, -0.1) is 0 Å². The van der Waals surface area contributed by atoms with Gasteiger partial charge >= 0.3 is 5.97 Å². The highest BCUT2D eigenvalue weighted by molar-refractivity contribution is 6.06. The highest BCUT2D eigenvalue weighted by Gasteiger charge is 2.11. The zero-order valence-electron chi connectivity index (χ0n) is 13.9. The van der Waals surface area contributed by atoms with Crippen molar-refractivity contribution in [1.82, 2.24) is 0 Å². The molecule has 0 aliphatic rings.